The number of hydrogen-bond acceptors (Lipinski definition) is 3. The summed E-state index contributed by atoms with van der Waals surface area (Å²) in [6, 6.07) is 7.73. The van der Waals surface area contributed by atoms with Crippen LogP contribution in [0.3, 0.4) is 0 Å². The lowest BCUT2D eigenvalue weighted by molar-refractivity contribution is -0.149. The van der Waals surface area contributed by atoms with Gasteiger partial charge in [0, 0.05) is 19.0 Å². The first-order valence-electron chi connectivity index (χ1n) is 7.84. The van der Waals surface area contributed by atoms with E-state index in [1.54, 1.807) is 4.68 Å². The number of carbonyl (C=O) groups is 2. The van der Waals surface area contributed by atoms with Crippen LogP contribution in [0, 0.1) is 5.41 Å². The molecule has 1 aromatic carbocycles. The Bertz CT molecular complexity index is 717. The number of benzene rings is 1. The number of fused-ring (bicyclic) bond motifs is 1. The number of amides is 1. The number of nitrogens with one attached hydrogen (secondary N) is 1. The fourth-order valence-corrected chi connectivity index (χ4v) is 2.78. The van der Waals surface area contributed by atoms with E-state index in [1.807, 2.05) is 45.2 Å². The molecule has 0 aliphatic heterocycles. The number of carboxylic acids is 1. The van der Waals surface area contributed by atoms with E-state index in [1.165, 1.54) is 0 Å². The molecule has 2 rings (SSSR count). The molecule has 0 radical (unpaired) electrons. The fourth-order valence-electron chi connectivity index (χ4n) is 2.78. The largest absolute Gasteiger partial charge is 0.481 e. The van der Waals surface area contributed by atoms with Gasteiger partial charge in [0.25, 0.3) is 0 Å². The van der Waals surface area contributed by atoms with Crippen molar-refractivity contribution in [1.82, 2.24) is 15.1 Å². The van der Waals surface area contributed by atoms with Gasteiger partial charge in [0.2, 0.25) is 5.91 Å². The Kier molecular flexibility index (Phi) is 5.03. The van der Waals surface area contributed by atoms with Crippen LogP contribution in [0.25, 0.3) is 10.9 Å². The molecule has 2 aromatic rings. The van der Waals surface area contributed by atoms with Crippen LogP contribution in [-0.4, -0.2) is 33.3 Å². The molecule has 0 saturated heterocycles. The molecule has 124 valence electrons. The van der Waals surface area contributed by atoms with Crippen LogP contribution in [-0.2, 0) is 23.1 Å². The summed E-state index contributed by atoms with van der Waals surface area (Å²) in [5.41, 5.74) is 0.772. The van der Waals surface area contributed by atoms with E-state index >= 15 is 0 Å². The van der Waals surface area contributed by atoms with Crippen molar-refractivity contribution in [2.24, 2.45) is 12.5 Å². The summed E-state index contributed by atoms with van der Waals surface area (Å²) >= 11 is 0. The van der Waals surface area contributed by atoms with E-state index < -0.39 is 11.4 Å². The summed E-state index contributed by atoms with van der Waals surface area (Å²) in [5.74, 6) is -1.08. The highest BCUT2D eigenvalue weighted by atomic mass is 16.4. The van der Waals surface area contributed by atoms with Crippen molar-refractivity contribution in [2.45, 2.75) is 33.1 Å². The molecule has 0 atom stereocenters. The quantitative estimate of drug-likeness (QED) is 0.819. The highest BCUT2D eigenvalue weighted by Crippen LogP contribution is 2.25. The molecule has 0 saturated carbocycles. The molecule has 1 aromatic heterocycles. The average Bonchev–Trinajstić information content (AvgIpc) is 2.85. The Morgan fingerprint density at radius 1 is 1.26 bits per heavy atom. The Morgan fingerprint density at radius 2 is 1.91 bits per heavy atom. The molecule has 0 fully saturated rings. The minimum Gasteiger partial charge on any atom is -0.481 e. The number of rotatable bonds is 7. The number of carboxylic acid groups (broad SMARTS) is 1. The lowest BCUT2D eigenvalue weighted by Gasteiger charge is -2.26. The van der Waals surface area contributed by atoms with Gasteiger partial charge in [-0.1, -0.05) is 32.0 Å². The molecule has 0 aliphatic rings. The third kappa shape index (κ3) is 3.36. The number of para-hydroxylation sites is 1. The van der Waals surface area contributed by atoms with Gasteiger partial charge in [-0.15, -0.1) is 0 Å². The molecule has 6 nitrogen and oxygen atoms in total. The lowest BCUT2D eigenvalue weighted by atomic mass is 9.82. The summed E-state index contributed by atoms with van der Waals surface area (Å²) in [6.45, 7) is 3.80. The van der Waals surface area contributed by atoms with E-state index in [9.17, 15) is 14.7 Å². The van der Waals surface area contributed by atoms with E-state index in [2.05, 4.69) is 10.4 Å². The summed E-state index contributed by atoms with van der Waals surface area (Å²) < 4.78 is 1.75. The van der Waals surface area contributed by atoms with Gasteiger partial charge in [-0.25, -0.2) is 0 Å². The minimum absolute atomic E-state index is 0.138. The number of aromatic nitrogens is 2. The third-order valence-corrected chi connectivity index (χ3v) is 4.59. The fraction of sp³-hybridized carbons (Fsp3) is 0.471. The molecule has 0 bridgehead atoms. The van der Waals surface area contributed by atoms with E-state index in [4.69, 9.17) is 0 Å². The predicted molar refractivity (Wildman–Crippen MR) is 88.1 cm³/mol. The van der Waals surface area contributed by atoms with Crippen molar-refractivity contribution in [3.8, 4) is 0 Å². The molecule has 0 spiro atoms. The van der Waals surface area contributed by atoms with Crippen molar-refractivity contribution in [3.05, 3.63) is 30.0 Å². The summed E-state index contributed by atoms with van der Waals surface area (Å²) in [6.07, 6.45) is 1.10. The van der Waals surface area contributed by atoms with Gasteiger partial charge in [-0.05, 0) is 18.9 Å². The summed E-state index contributed by atoms with van der Waals surface area (Å²) in [7, 11) is 1.84. The second kappa shape index (κ2) is 6.81. The Hall–Kier alpha value is -2.37. The Balaban J connectivity index is 2.09. The van der Waals surface area contributed by atoms with Crippen LogP contribution in [0.1, 0.15) is 32.4 Å². The first kappa shape index (κ1) is 17.0. The second-order valence-corrected chi connectivity index (χ2v) is 5.83. The van der Waals surface area contributed by atoms with Crippen molar-refractivity contribution in [2.75, 3.05) is 6.54 Å². The average molecular weight is 317 g/mol. The van der Waals surface area contributed by atoms with Crippen molar-refractivity contribution in [1.29, 1.82) is 0 Å². The minimum atomic E-state index is -0.901. The monoisotopic (exact) mass is 317 g/mol. The number of aryl methyl sites for hydroxylation is 1. The van der Waals surface area contributed by atoms with Gasteiger partial charge >= 0.3 is 5.97 Å². The number of aliphatic carboxylic acids is 1. The summed E-state index contributed by atoms with van der Waals surface area (Å²) in [5, 5.41) is 17.5. The lowest BCUT2D eigenvalue weighted by Crippen LogP contribution is -2.42. The molecule has 23 heavy (non-hydrogen) atoms. The molecule has 2 N–H and O–H groups in total. The number of carbonyl (C=O) groups excluding carboxylic acids is 1. The third-order valence-electron chi connectivity index (χ3n) is 4.59. The smallest absolute Gasteiger partial charge is 0.311 e. The zero-order valence-corrected chi connectivity index (χ0v) is 13.8. The molecule has 1 amide bonds. The van der Waals surface area contributed by atoms with Gasteiger partial charge in [-0.3, -0.25) is 14.3 Å². The molecule has 0 unspecified atom stereocenters. The predicted octanol–water partition coefficient (Wildman–Crippen LogP) is 2.12. The molecular weight excluding hydrogens is 294 g/mol. The SMILES string of the molecule is CCC(CC)(CNC(=O)Cc1nn(C)c2ccccc12)C(=O)O. The number of nitrogens with zero attached hydrogens (tertiary/aromatic N) is 2. The van der Waals surface area contributed by atoms with Crippen LogP contribution in [0.15, 0.2) is 24.3 Å². The van der Waals surface area contributed by atoms with Gasteiger partial charge in [0.15, 0.2) is 0 Å². The van der Waals surface area contributed by atoms with Crippen LogP contribution in [0.2, 0.25) is 0 Å². The molecule has 1 heterocycles. The van der Waals surface area contributed by atoms with Crippen LogP contribution >= 0.6 is 0 Å². The Labute approximate surface area is 135 Å². The molecule has 0 aliphatic carbocycles. The summed E-state index contributed by atoms with van der Waals surface area (Å²) in [4.78, 5) is 23.7. The highest BCUT2D eigenvalue weighted by molar-refractivity contribution is 5.88. The normalized spacial score (nSPS) is 11.6. The molecular formula is C17H23N3O3. The van der Waals surface area contributed by atoms with Gasteiger partial charge in [0.1, 0.15) is 0 Å². The van der Waals surface area contributed by atoms with Crippen molar-refractivity contribution >= 4 is 22.8 Å². The van der Waals surface area contributed by atoms with Crippen LogP contribution in [0.4, 0.5) is 0 Å². The second-order valence-electron chi connectivity index (χ2n) is 5.83. The Morgan fingerprint density at radius 3 is 2.52 bits per heavy atom. The first-order chi connectivity index (χ1) is 10.9. The van der Waals surface area contributed by atoms with Gasteiger partial charge < -0.3 is 10.4 Å². The standard InChI is InChI=1S/C17H23N3O3/c1-4-17(5-2,16(22)23)11-18-15(21)10-13-12-8-6-7-9-14(12)20(3)19-13/h6-9H,4-5,10-11H2,1-3H3,(H,18,21)(H,22,23). The first-order valence-corrected chi connectivity index (χ1v) is 7.84. The molecule has 6 heteroatoms. The van der Waals surface area contributed by atoms with Crippen molar-refractivity contribution < 1.29 is 14.7 Å². The van der Waals surface area contributed by atoms with E-state index in [0.717, 1.165) is 10.9 Å². The van der Waals surface area contributed by atoms with Gasteiger partial charge in [-0.2, -0.15) is 5.10 Å². The zero-order chi connectivity index (χ0) is 17.0. The van der Waals surface area contributed by atoms with Gasteiger partial charge in [0.05, 0.1) is 23.0 Å². The maximum Gasteiger partial charge on any atom is 0.311 e. The van der Waals surface area contributed by atoms with Crippen LogP contribution < -0.4 is 5.32 Å². The number of hydrogen-bond donors (Lipinski definition) is 2. The maximum absolute atomic E-state index is 12.2. The maximum atomic E-state index is 12.2. The zero-order valence-electron chi connectivity index (χ0n) is 13.8. The van der Waals surface area contributed by atoms with E-state index in [0.29, 0.717) is 18.5 Å². The van der Waals surface area contributed by atoms with Crippen LogP contribution in [0.5, 0.6) is 0 Å². The topological polar surface area (TPSA) is 84.2 Å². The highest BCUT2D eigenvalue weighted by Gasteiger charge is 2.35. The van der Waals surface area contributed by atoms with E-state index in [-0.39, 0.29) is 18.9 Å². The van der Waals surface area contributed by atoms with Crippen molar-refractivity contribution in [3.63, 3.8) is 0 Å².